The lowest BCUT2D eigenvalue weighted by atomic mass is 10.1. The topological polar surface area (TPSA) is 42.1 Å². The van der Waals surface area contributed by atoms with Crippen molar-refractivity contribution in [3.05, 3.63) is 26.9 Å². The van der Waals surface area contributed by atoms with Crippen LogP contribution in [0.2, 0.25) is 0 Å². The number of halogens is 3. The van der Waals surface area contributed by atoms with Crippen LogP contribution >= 0.6 is 44.3 Å². The van der Waals surface area contributed by atoms with Crippen molar-refractivity contribution in [1.82, 2.24) is 9.88 Å². The zero-order valence-corrected chi connectivity index (χ0v) is 13.4. The minimum atomic E-state index is 0. The molecule has 17 heavy (non-hydrogen) atoms. The highest BCUT2D eigenvalue weighted by atomic mass is 79.9. The van der Waals surface area contributed by atoms with Gasteiger partial charge in [-0.1, -0.05) is 0 Å². The van der Waals surface area contributed by atoms with Gasteiger partial charge in [0.2, 0.25) is 0 Å². The molecule has 0 aromatic carbocycles. The third-order valence-electron chi connectivity index (χ3n) is 2.96. The lowest BCUT2D eigenvalue weighted by Gasteiger charge is -2.15. The van der Waals surface area contributed by atoms with Crippen molar-refractivity contribution in [2.45, 2.75) is 13.0 Å². The van der Waals surface area contributed by atoms with Gasteiger partial charge in [0.25, 0.3) is 0 Å². The summed E-state index contributed by atoms with van der Waals surface area (Å²) in [5.74, 6) is 0.661. The first-order valence-electron chi connectivity index (χ1n) is 5.41. The molecule has 1 aromatic rings. The number of hydrogen-bond acceptors (Lipinski definition) is 3. The van der Waals surface area contributed by atoms with Gasteiger partial charge in [-0.2, -0.15) is 0 Å². The molecule has 0 spiro atoms. The maximum absolute atomic E-state index is 5.68. The summed E-state index contributed by atoms with van der Waals surface area (Å²) in [4.78, 5) is 6.84. The summed E-state index contributed by atoms with van der Waals surface area (Å²) < 4.78 is 2.07. The summed E-state index contributed by atoms with van der Waals surface area (Å²) in [6.07, 6.45) is 3.06. The van der Waals surface area contributed by atoms with E-state index in [9.17, 15) is 0 Å². The Balaban J connectivity index is 0.00000144. The fraction of sp³-hybridized carbons (Fsp3) is 0.545. The van der Waals surface area contributed by atoms with E-state index in [1.165, 1.54) is 6.42 Å². The molecular formula is C11H16Br2ClN3. The average molecular weight is 386 g/mol. The highest BCUT2D eigenvalue weighted by Gasteiger charge is 2.21. The molecule has 0 saturated carbocycles. The molecule has 1 aromatic heterocycles. The number of aromatic nitrogens is 1. The molecule has 96 valence electrons. The minimum absolute atomic E-state index is 0. The third kappa shape index (κ3) is 4.17. The first-order valence-corrected chi connectivity index (χ1v) is 7.00. The van der Waals surface area contributed by atoms with Gasteiger partial charge in [0.05, 0.1) is 5.69 Å². The summed E-state index contributed by atoms with van der Waals surface area (Å²) in [6, 6.07) is 2.04. The van der Waals surface area contributed by atoms with Crippen molar-refractivity contribution in [3.8, 4) is 0 Å². The van der Waals surface area contributed by atoms with E-state index >= 15 is 0 Å². The first kappa shape index (κ1) is 15.4. The molecule has 1 atom stereocenters. The summed E-state index contributed by atoms with van der Waals surface area (Å²) >= 11 is 6.95. The van der Waals surface area contributed by atoms with Gasteiger partial charge < -0.3 is 5.73 Å². The summed E-state index contributed by atoms with van der Waals surface area (Å²) in [6.45, 7) is 3.93. The SMILES string of the molecule is Cl.NCC1CCN(Cc2ncc(Br)cc2Br)C1. The van der Waals surface area contributed by atoms with Gasteiger partial charge >= 0.3 is 0 Å². The molecule has 0 amide bonds. The molecule has 3 nitrogen and oxygen atoms in total. The molecule has 2 rings (SSSR count). The Labute approximate surface area is 125 Å². The number of hydrogen-bond donors (Lipinski definition) is 1. The molecule has 1 unspecified atom stereocenters. The minimum Gasteiger partial charge on any atom is -0.330 e. The highest BCUT2D eigenvalue weighted by molar-refractivity contribution is 9.11. The predicted octanol–water partition coefficient (Wildman–Crippen LogP) is 2.81. The van der Waals surface area contributed by atoms with Crippen LogP contribution in [0.25, 0.3) is 0 Å². The summed E-state index contributed by atoms with van der Waals surface area (Å²) in [7, 11) is 0. The van der Waals surface area contributed by atoms with E-state index in [1.807, 2.05) is 12.3 Å². The van der Waals surface area contributed by atoms with E-state index in [-0.39, 0.29) is 12.4 Å². The van der Waals surface area contributed by atoms with E-state index in [0.29, 0.717) is 5.92 Å². The van der Waals surface area contributed by atoms with Crippen molar-refractivity contribution in [2.75, 3.05) is 19.6 Å². The molecule has 2 heterocycles. The fourth-order valence-electron chi connectivity index (χ4n) is 2.02. The van der Waals surface area contributed by atoms with Crippen LogP contribution in [0.5, 0.6) is 0 Å². The average Bonchev–Trinajstić information content (AvgIpc) is 2.70. The van der Waals surface area contributed by atoms with Gasteiger partial charge in [-0.25, -0.2) is 0 Å². The van der Waals surface area contributed by atoms with Crippen molar-refractivity contribution in [3.63, 3.8) is 0 Å². The highest BCUT2D eigenvalue weighted by Crippen LogP contribution is 2.23. The molecular weight excluding hydrogens is 369 g/mol. The zero-order chi connectivity index (χ0) is 11.5. The van der Waals surface area contributed by atoms with Crippen LogP contribution in [0.15, 0.2) is 21.2 Å². The molecule has 0 radical (unpaired) electrons. The van der Waals surface area contributed by atoms with E-state index in [4.69, 9.17) is 5.73 Å². The Morgan fingerprint density at radius 2 is 2.24 bits per heavy atom. The van der Waals surface area contributed by atoms with Crippen LogP contribution in [0.1, 0.15) is 12.1 Å². The van der Waals surface area contributed by atoms with Crippen LogP contribution in [-0.2, 0) is 6.54 Å². The van der Waals surface area contributed by atoms with Crippen molar-refractivity contribution in [1.29, 1.82) is 0 Å². The monoisotopic (exact) mass is 383 g/mol. The maximum Gasteiger partial charge on any atom is 0.0686 e. The Kier molecular flexibility index (Phi) is 6.37. The Hall–Kier alpha value is 0.320. The van der Waals surface area contributed by atoms with Crippen LogP contribution in [0, 0.1) is 5.92 Å². The number of pyridine rings is 1. The maximum atomic E-state index is 5.68. The molecule has 1 fully saturated rings. The summed E-state index contributed by atoms with van der Waals surface area (Å²) in [5, 5.41) is 0. The standard InChI is InChI=1S/C11H15Br2N3.ClH/c12-9-3-10(13)11(15-5-9)7-16-2-1-8(4-14)6-16;/h3,5,8H,1-2,4,6-7,14H2;1H. The van der Waals surface area contributed by atoms with Crippen LogP contribution < -0.4 is 5.73 Å². The Morgan fingerprint density at radius 3 is 2.82 bits per heavy atom. The zero-order valence-electron chi connectivity index (χ0n) is 9.40. The van der Waals surface area contributed by atoms with Gasteiger partial charge in [0.1, 0.15) is 0 Å². The van der Waals surface area contributed by atoms with E-state index < -0.39 is 0 Å². The van der Waals surface area contributed by atoms with Gasteiger partial charge in [-0.3, -0.25) is 9.88 Å². The van der Waals surface area contributed by atoms with Crippen LogP contribution in [0.4, 0.5) is 0 Å². The normalized spacial score (nSPS) is 20.3. The third-order valence-corrected chi connectivity index (χ3v) is 4.08. The van der Waals surface area contributed by atoms with Gasteiger partial charge in [-0.15, -0.1) is 12.4 Å². The fourth-order valence-corrected chi connectivity index (χ4v) is 3.13. The van der Waals surface area contributed by atoms with Crippen LogP contribution in [-0.4, -0.2) is 29.5 Å². The molecule has 6 heteroatoms. The van der Waals surface area contributed by atoms with E-state index in [2.05, 4.69) is 41.7 Å². The number of rotatable bonds is 3. The van der Waals surface area contributed by atoms with Gasteiger partial charge in [-0.05, 0) is 63.4 Å². The predicted molar refractivity (Wildman–Crippen MR) is 79.3 cm³/mol. The molecule has 1 saturated heterocycles. The van der Waals surface area contributed by atoms with Crippen molar-refractivity contribution >= 4 is 44.3 Å². The quantitative estimate of drug-likeness (QED) is 0.870. The lowest BCUT2D eigenvalue weighted by molar-refractivity contribution is 0.313. The number of nitrogens with two attached hydrogens (primary N) is 1. The molecule has 2 N–H and O–H groups in total. The smallest absolute Gasteiger partial charge is 0.0686 e. The number of likely N-dealkylation sites (tertiary alicyclic amines) is 1. The Bertz CT molecular complexity index is 376. The second-order valence-corrected chi connectivity index (χ2v) is 5.98. The summed E-state index contributed by atoms with van der Waals surface area (Å²) in [5.41, 5.74) is 6.78. The second kappa shape index (κ2) is 7.04. The molecule has 1 aliphatic rings. The lowest BCUT2D eigenvalue weighted by Crippen LogP contribution is -2.23. The largest absolute Gasteiger partial charge is 0.330 e. The second-order valence-electron chi connectivity index (χ2n) is 4.21. The van der Waals surface area contributed by atoms with Crippen molar-refractivity contribution < 1.29 is 0 Å². The van der Waals surface area contributed by atoms with Crippen molar-refractivity contribution in [2.24, 2.45) is 11.7 Å². The van der Waals surface area contributed by atoms with E-state index in [0.717, 1.165) is 40.8 Å². The molecule has 1 aliphatic heterocycles. The van der Waals surface area contributed by atoms with Crippen LogP contribution in [0.3, 0.4) is 0 Å². The van der Waals surface area contributed by atoms with E-state index in [1.54, 1.807) is 0 Å². The van der Waals surface area contributed by atoms with Gasteiger partial charge in [0, 0.05) is 28.2 Å². The molecule has 0 bridgehead atoms. The molecule has 0 aliphatic carbocycles. The number of nitrogens with zero attached hydrogens (tertiary/aromatic N) is 2. The Morgan fingerprint density at radius 1 is 1.47 bits per heavy atom. The first-order chi connectivity index (χ1) is 7.69. The van der Waals surface area contributed by atoms with Gasteiger partial charge in [0.15, 0.2) is 0 Å².